The van der Waals surface area contributed by atoms with Gasteiger partial charge in [-0.1, -0.05) is 66.2 Å². The van der Waals surface area contributed by atoms with E-state index in [4.69, 9.17) is 21.1 Å². The highest BCUT2D eigenvalue weighted by atomic mass is 35.5. The average molecular weight is 604 g/mol. The van der Waals surface area contributed by atoms with Gasteiger partial charge in [0.2, 0.25) is 0 Å². The lowest BCUT2D eigenvalue weighted by Gasteiger charge is -2.26. The van der Waals surface area contributed by atoms with Gasteiger partial charge in [-0.15, -0.1) is 0 Å². The zero-order valence-corrected chi connectivity index (χ0v) is 24.7. The Bertz CT molecular complexity index is 1690. The molecule has 1 N–H and O–H groups in total. The number of aryl methyl sites for hydroxylation is 1. The van der Waals surface area contributed by atoms with Crippen molar-refractivity contribution in [3.63, 3.8) is 0 Å². The van der Waals surface area contributed by atoms with E-state index in [1.165, 1.54) is 17.6 Å². The van der Waals surface area contributed by atoms with Crippen molar-refractivity contribution in [1.29, 1.82) is 0 Å². The van der Waals surface area contributed by atoms with E-state index in [2.05, 4.69) is 17.1 Å². The van der Waals surface area contributed by atoms with Gasteiger partial charge in [0.05, 0.1) is 36.0 Å². The van der Waals surface area contributed by atoms with Crippen LogP contribution in [0.3, 0.4) is 0 Å². The summed E-state index contributed by atoms with van der Waals surface area (Å²) in [4.78, 5) is 13.4. The number of hydrazone groups is 1. The zero-order valence-electron chi connectivity index (χ0n) is 23.2. The first-order chi connectivity index (χ1) is 20.2. The molecular weight excluding hydrogens is 574 g/mol. The highest BCUT2D eigenvalue weighted by Crippen LogP contribution is 2.30. The minimum Gasteiger partial charge on any atom is -0.493 e. The van der Waals surface area contributed by atoms with Crippen LogP contribution in [0.1, 0.15) is 27.0 Å². The predicted molar refractivity (Wildman–Crippen MR) is 166 cm³/mol. The van der Waals surface area contributed by atoms with E-state index in [1.807, 2.05) is 6.92 Å². The number of nitrogens with zero attached hydrogens (tertiary/aromatic N) is 2. The SMILES string of the molecule is C=CCOc1ccc(/C=N\NC(=O)c2ccccc2N(Cc2ccc(Cl)cc2)S(=O)(=O)c2ccc(C)cc2)cc1OC. The minimum atomic E-state index is -4.07. The molecule has 4 rings (SSSR count). The largest absolute Gasteiger partial charge is 0.493 e. The van der Waals surface area contributed by atoms with E-state index < -0.39 is 15.9 Å². The van der Waals surface area contributed by atoms with Gasteiger partial charge in [-0.25, -0.2) is 13.8 Å². The smallest absolute Gasteiger partial charge is 0.273 e. The van der Waals surface area contributed by atoms with Crippen LogP contribution in [0.5, 0.6) is 11.5 Å². The first-order valence-corrected chi connectivity index (χ1v) is 14.7. The Kier molecular flexibility index (Phi) is 10.0. The number of amides is 1. The molecule has 0 saturated heterocycles. The van der Waals surface area contributed by atoms with Gasteiger partial charge in [-0.3, -0.25) is 9.10 Å². The number of ether oxygens (including phenoxy) is 2. The highest BCUT2D eigenvalue weighted by Gasteiger charge is 2.28. The number of sulfonamides is 1. The third-order valence-corrected chi connectivity index (χ3v) is 8.22. The molecule has 42 heavy (non-hydrogen) atoms. The summed E-state index contributed by atoms with van der Waals surface area (Å²) < 4.78 is 40.1. The molecule has 10 heteroatoms. The standard InChI is InChI=1S/C32H30ClN3O5S/c1-4-19-41-30-18-13-25(20-31(30)40-3)21-34-35-32(37)28-7-5-6-8-29(28)36(22-24-11-14-26(33)15-12-24)42(38,39)27-16-9-23(2)10-17-27/h4-18,20-21H,1,19,22H2,2-3H3,(H,35,37)/b34-21-. The summed E-state index contributed by atoms with van der Waals surface area (Å²) >= 11 is 6.06. The van der Waals surface area contributed by atoms with Crippen LogP contribution in [0.15, 0.2) is 114 Å². The Hall–Kier alpha value is -4.60. The summed E-state index contributed by atoms with van der Waals surface area (Å²) in [5, 5.41) is 4.62. The Labute approximate surface area is 250 Å². The van der Waals surface area contributed by atoms with E-state index in [0.29, 0.717) is 34.3 Å². The molecule has 0 heterocycles. The third-order valence-electron chi connectivity index (χ3n) is 6.19. The number of halogens is 1. The molecule has 8 nitrogen and oxygen atoms in total. The summed E-state index contributed by atoms with van der Waals surface area (Å²) in [5.41, 5.74) is 5.10. The summed E-state index contributed by atoms with van der Waals surface area (Å²) in [6, 6.07) is 25.1. The molecule has 0 aliphatic carbocycles. The second-order valence-corrected chi connectivity index (χ2v) is 11.5. The van der Waals surface area contributed by atoms with Gasteiger partial charge in [0, 0.05) is 5.02 Å². The molecule has 0 bridgehead atoms. The van der Waals surface area contributed by atoms with Crippen LogP contribution >= 0.6 is 11.6 Å². The lowest BCUT2D eigenvalue weighted by atomic mass is 10.1. The lowest BCUT2D eigenvalue weighted by molar-refractivity contribution is 0.0955. The van der Waals surface area contributed by atoms with Crippen molar-refractivity contribution in [2.45, 2.75) is 18.4 Å². The van der Waals surface area contributed by atoms with Crippen molar-refractivity contribution in [3.05, 3.63) is 131 Å². The van der Waals surface area contributed by atoms with Gasteiger partial charge < -0.3 is 9.47 Å². The van der Waals surface area contributed by atoms with Gasteiger partial charge in [-0.05, 0) is 72.6 Å². The molecule has 0 unspecified atom stereocenters. The Morgan fingerprint density at radius 1 is 1.00 bits per heavy atom. The Morgan fingerprint density at radius 3 is 2.40 bits per heavy atom. The van der Waals surface area contributed by atoms with Crippen molar-refractivity contribution in [3.8, 4) is 11.5 Å². The molecule has 0 aliphatic heterocycles. The van der Waals surface area contributed by atoms with Crippen LogP contribution in [0.2, 0.25) is 5.02 Å². The maximum Gasteiger partial charge on any atom is 0.273 e. The van der Waals surface area contributed by atoms with Crippen LogP contribution in [-0.2, 0) is 16.6 Å². The van der Waals surface area contributed by atoms with Crippen LogP contribution < -0.4 is 19.2 Å². The molecule has 216 valence electrons. The van der Waals surface area contributed by atoms with E-state index in [9.17, 15) is 13.2 Å². The van der Waals surface area contributed by atoms with Gasteiger partial charge in [-0.2, -0.15) is 5.10 Å². The highest BCUT2D eigenvalue weighted by molar-refractivity contribution is 7.92. The number of anilines is 1. The number of benzene rings is 4. The average Bonchev–Trinajstić information content (AvgIpc) is 3.00. The van der Waals surface area contributed by atoms with Gasteiger partial charge in [0.1, 0.15) is 6.61 Å². The molecule has 0 aromatic heterocycles. The van der Waals surface area contributed by atoms with Crippen LogP contribution in [0.25, 0.3) is 0 Å². The molecule has 4 aromatic carbocycles. The van der Waals surface area contributed by atoms with Crippen molar-refractivity contribution in [2.24, 2.45) is 5.10 Å². The lowest BCUT2D eigenvalue weighted by Crippen LogP contribution is -2.33. The maximum atomic E-state index is 14.0. The number of hydrogen-bond donors (Lipinski definition) is 1. The molecular formula is C32H30ClN3O5S. The molecule has 0 atom stereocenters. The molecule has 0 aliphatic rings. The van der Waals surface area contributed by atoms with E-state index in [1.54, 1.807) is 97.1 Å². The number of methoxy groups -OCH3 is 1. The van der Waals surface area contributed by atoms with E-state index in [-0.39, 0.29) is 22.7 Å². The van der Waals surface area contributed by atoms with Gasteiger partial charge in [0.15, 0.2) is 11.5 Å². The fourth-order valence-corrected chi connectivity index (χ4v) is 5.63. The summed E-state index contributed by atoms with van der Waals surface area (Å²) in [5.74, 6) is 0.458. The van der Waals surface area contributed by atoms with Crippen molar-refractivity contribution < 1.29 is 22.7 Å². The van der Waals surface area contributed by atoms with E-state index in [0.717, 1.165) is 5.56 Å². The van der Waals surface area contributed by atoms with Crippen LogP contribution in [0.4, 0.5) is 5.69 Å². The number of nitrogens with one attached hydrogen (secondary N) is 1. The quantitative estimate of drug-likeness (QED) is 0.115. The van der Waals surface area contributed by atoms with Crippen molar-refractivity contribution in [2.75, 3.05) is 18.0 Å². The summed E-state index contributed by atoms with van der Waals surface area (Å²) in [6.45, 7) is 5.81. The Balaban J connectivity index is 1.64. The first kappa shape index (κ1) is 30.4. The summed E-state index contributed by atoms with van der Waals surface area (Å²) in [7, 11) is -2.54. The fraction of sp³-hybridized carbons (Fsp3) is 0.125. The number of carbonyl (C=O) groups is 1. The molecule has 0 spiro atoms. The predicted octanol–water partition coefficient (Wildman–Crippen LogP) is 6.38. The van der Waals surface area contributed by atoms with E-state index >= 15 is 0 Å². The number of hydrogen-bond acceptors (Lipinski definition) is 6. The molecule has 0 saturated carbocycles. The normalized spacial score (nSPS) is 11.2. The molecule has 4 aromatic rings. The fourth-order valence-electron chi connectivity index (χ4n) is 4.03. The summed E-state index contributed by atoms with van der Waals surface area (Å²) in [6.07, 6.45) is 3.08. The monoisotopic (exact) mass is 603 g/mol. The minimum absolute atomic E-state index is 0.0268. The van der Waals surface area contributed by atoms with Crippen molar-refractivity contribution in [1.82, 2.24) is 5.43 Å². The molecule has 0 fully saturated rings. The van der Waals surface area contributed by atoms with Crippen molar-refractivity contribution >= 4 is 39.4 Å². The maximum absolute atomic E-state index is 14.0. The first-order valence-electron chi connectivity index (χ1n) is 12.9. The third kappa shape index (κ3) is 7.37. The van der Waals surface area contributed by atoms with Crippen LogP contribution in [0, 0.1) is 6.92 Å². The van der Waals surface area contributed by atoms with Gasteiger partial charge in [0.25, 0.3) is 15.9 Å². The van der Waals surface area contributed by atoms with Crippen LogP contribution in [-0.4, -0.2) is 34.3 Å². The number of para-hydroxylation sites is 1. The molecule has 0 radical (unpaired) electrons. The number of carbonyl (C=O) groups excluding carboxylic acids is 1. The van der Waals surface area contributed by atoms with Gasteiger partial charge >= 0.3 is 0 Å². The topological polar surface area (TPSA) is 97.3 Å². The zero-order chi connectivity index (χ0) is 30.1. The second kappa shape index (κ2) is 13.8. The number of rotatable bonds is 12. The Morgan fingerprint density at radius 2 is 1.71 bits per heavy atom. The molecule has 1 amide bonds. The second-order valence-electron chi connectivity index (χ2n) is 9.18.